The minimum atomic E-state index is -0.355. The smallest absolute Gasteiger partial charge is 0.410 e. The summed E-state index contributed by atoms with van der Waals surface area (Å²) in [6.07, 6.45) is 4.30. The van der Waals surface area contributed by atoms with Crippen LogP contribution >= 0.6 is 11.6 Å². The lowest BCUT2D eigenvalue weighted by Gasteiger charge is -2.32. The number of carbonyl (C=O) groups excluding carboxylic acids is 2. The van der Waals surface area contributed by atoms with Gasteiger partial charge in [0.15, 0.2) is 0 Å². The number of halogens is 1. The number of carbonyl (C=O) groups is 2. The van der Waals surface area contributed by atoms with Gasteiger partial charge >= 0.3 is 6.09 Å². The molecule has 11 nitrogen and oxygen atoms in total. The lowest BCUT2D eigenvalue weighted by atomic mass is 10.0. The van der Waals surface area contributed by atoms with Gasteiger partial charge in [0.05, 0.1) is 32.5 Å². The summed E-state index contributed by atoms with van der Waals surface area (Å²) >= 11 is 5.97. The number of piperidine rings is 1. The summed E-state index contributed by atoms with van der Waals surface area (Å²) in [6.45, 7) is 2.27. The van der Waals surface area contributed by atoms with Crippen LogP contribution < -0.4 is 14.8 Å². The van der Waals surface area contributed by atoms with E-state index in [1.165, 1.54) is 7.11 Å². The standard InChI is InChI=1S/C27H30ClN5O6/c1-36-10-9-32-15-18(14-30-32)24-23(39-21-7-8-33-20(11-21)16-38-27(33)35)12-22(26(31-24)37-2)25(34)29-13-17-3-5-19(28)6-4-17/h3-6,12,14-15,20-21H,7-11,13,16H2,1-2H3,(H,29,34)/t20-,21-/m0/s1. The van der Waals surface area contributed by atoms with Crippen LogP contribution in [0.4, 0.5) is 4.79 Å². The van der Waals surface area contributed by atoms with Crippen LogP contribution in [0.2, 0.25) is 5.02 Å². The van der Waals surface area contributed by atoms with Crippen molar-refractivity contribution < 1.29 is 28.5 Å². The Hall–Kier alpha value is -3.83. The molecule has 12 heteroatoms. The lowest BCUT2D eigenvalue weighted by molar-refractivity contribution is 0.0913. The number of fused-ring (bicyclic) bond motifs is 1. The SMILES string of the molecule is COCCn1cc(-c2nc(OC)c(C(=O)NCc3ccc(Cl)cc3)cc2O[C@H]2CCN3C(=O)OC[C@@H]3C2)cn1. The van der Waals surface area contributed by atoms with Crippen molar-refractivity contribution in [1.29, 1.82) is 0 Å². The number of rotatable bonds is 10. The first-order valence-corrected chi connectivity index (χ1v) is 13.1. The summed E-state index contributed by atoms with van der Waals surface area (Å²) < 4.78 is 24.1. The van der Waals surface area contributed by atoms with Crippen molar-refractivity contribution in [2.24, 2.45) is 0 Å². The van der Waals surface area contributed by atoms with Gasteiger partial charge < -0.3 is 29.2 Å². The number of methoxy groups -OCH3 is 2. The van der Waals surface area contributed by atoms with Crippen molar-refractivity contribution in [3.63, 3.8) is 0 Å². The van der Waals surface area contributed by atoms with Crippen LogP contribution in [-0.2, 0) is 22.6 Å². The Labute approximate surface area is 230 Å². The van der Waals surface area contributed by atoms with Gasteiger partial charge in [0.1, 0.15) is 29.7 Å². The zero-order chi connectivity index (χ0) is 27.4. The Morgan fingerprint density at radius 2 is 2.08 bits per heavy atom. The zero-order valence-electron chi connectivity index (χ0n) is 21.8. The highest BCUT2D eigenvalue weighted by Gasteiger charge is 2.39. The summed E-state index contributed by atoms with van der Waals surface area (Å²) in [6, 6.07) is 8.86. The molecule has 39 heavy (non-hydrogen) atoms. The fourth-order valence-electron chi connectivity index (χ4n) is 4.72. The van der Waals surface area contributed by atoms with Crippen molar-refractivity contribution in [2.75, 3.05) is 34.0 Å². The molecule has 2 saturated heterocycles. The second kappa shape index (κ2) is 11.9. The molecule has 2 atom stereocenters. The van der Waals surface area contributed by atoms with E-state index >= 15 is 0 Å². The predicted molar refractivity (Wildman–Crippen MR) is 142 cm³/mol. The molecule has 2 aromatic heterocycles. The number of benzene rings is 1. The molecule has 0 aliphatic carbocycles. The molecule has 3 aromatic rings. The minimum absolute atomic E-state index is 0.0372. The molecular weight excluding hydrogens is 526 g/mol. The molecule has 2 fully saturated rings. The van der Waals surface area contributed by atoms with Crippen LogP contribution in [0.1, 0.15) is 28.8 Å². The molecule has 5 rings (SSSR count). The molecule has 206 valence electrons. The van der Waals surface area contributed by atoms with Crippen LogP contribution in [0.15, 0.2) is 42.7 Å². The maximum Gasteiger partial charge on any atom is 0.410 e. The van der Waals surface area contributed by atoms with Gasteiger partial charge in [0.2, 0.25) is 5.88 Å². The molecular formula is C27H30ClN5O6. The van der Waals surface area contributed by atoms with Crippen molar-refractivity contribution in [1.82, 2.24) is 25.0 Å². The number of ether oxygens (including phenoxy) is 4. The Kier molecular flexibility index (Phi) is 8.18. The van der Waals surface area contributed by atoms with Crippen LogP contribution in [0, 0.1) is 0 Å². The van der Waals surface area contributed by atoms with Crippen LogP contribution in [-0.4, -0.2) is 77.8 Å². The van der Waals surface area contributed by atoms with Gasteiger partial charge in [-0.05, 0) is 17.7 Å². The number of cyclic esters (lactones) is 1. The highest BCUT2D eigenvalue weighted by atomic mass is 35.5. The van der Waals surface area contributed by atoms with E-state index in [4.69, 9.17) is 30.5 Å². The third-order valence-electron chi connectivity index (χ3n) is 6.78. The van der Waals surface area contributed by atoms with Gasteiger partial charge in [-0.15, -0.1) is 0 Å². The van der Waals surface area contributed by atoms with Crippen molar-refractivity contribution in [2.45, 2.75) is 38.1 Å². The van der Waals surface area contributed by atoms with E-state index in [1.54, 1.807) is 41.1 Å². The van der Waals surface area contributed by atoms with Gasteiger partial charge in [-0.25, -0.2) is 9.78 Å². The molecule has 1 aromatic carbocycles. The van der Waals surface area contributed by atoms with Crippen molar-refractivity contribution >= 4 is 23.6 Å². The second-order valence-electron chi connectivity index (χ2n) is 9.37. The highest BCUT2D eigenvalue weighted by Crippen LogP contribution is 2.36. The monoisotopic (exact) mass is 555 g/mol. The van der Waals surface area contributed by atoms with E-state index in [0.29, 0.717) is 67.7 Å². The Balaban J connectivity index is 1.43. The average Bonchev–Trinajstić information content (AvgIpc) is 3.57. The first-order valence-electron chi connectivity index (χ1n) is 12.7. The summed E-state index contributed by atoms with van der Waals surface area (Å²) in [5, 5.41) is 7.94. The molecule has 0 saturated carbocycles. The Bertz CT molecular complexity index is 1330. The predicted octanol–water partition coefficient (Wildman–Crippen LogP) is 3.55. The van der Waals surface area contributed by atoms with Crippen LogP contribution in [0.3, 0.4) is 0 Å². The normalized spacial score (nSPS) is 18.4. The summed E-state index contributed by atoms with van der Waals surface area (Å²) in [5.41, 5.74) is 2.36. The van der Waals surface area contributed by atoms with Gasteiger partial charge in [-0.1, -0.05) is 23.7 Å². The van der Waals surface area contributed by atoms with Crippen molar-refractivity contribution in [3.8, 4) is 22.9 Å². The molecule has 4 heterocycles. The summed E-state index contributed by atoms with van der Waals surface area (Å²) in [7, 11) is 3.10. The highest BCUT2D eigenvalue weighted by molar-refractivity contribution is 6.30. The van der Waals surface area contributed by atoms with Crippen molar-refractivity contribution in [3.05, 3.63) is 58.9 Å². The van der Waals surface area contributed by atoms with E-state index in [0.717, 1.165) is 5.56 Å². The van der Waals surface area contributed by atoms with Gasteiger partial charge in [-0.3, -0.25) is 9.48 Å². The van der Waals surface area contributed by atoms with Crippen LogP contribution in [0.5, 0.6) is 11.6 Å². The number of hydrogen-bond acceptors (Lipinski definition) is 8. The molecule has 2 aliphatic rings. The number of amides is 2. The minimum Gasteiger partial charge on any atom is -0.488 e. The first kappa shape index (κ1) is 26.8. The second-order valence-corrected chi connectivity index (χ2v) is 9.81. The van der Waals surface area contributed by atoms with Gasteiger partial charge in [0.25, 0.3) is 5.91 Å². The number of pyridine rings is 1. The fraction of sp³-hybridized carbons (Fsp3) is 0.407. The van der Waals surface area contributed by atoms with E-state index in [2.05, 4.69) is 15.4 Å². The molecule has 0 unspecified atom stereocenters. The third kappa shape index (κ3) is 6.10. The molecule has 1 N–H and O–H groups in total. The van der Waals surface area contributed by atoms with E-state index in [-0.39, 0.29) is 35.6 Å². The fourth-order valence-corrected chi connectivity index (χ4v) is 4.84. The molecule has 2 amide bonds. The first-order chi connectivity index (χ1) is 18.9. The maximum atomic E-state index is 13.3. The topological polar surface area (TPSA) is 117 Å². The molecule has 0 radical (unpaired) electrons. The van der Waals surface area contributed by atoms with Crippen LogP contribution in [0.25, 0.3) is 11.3 Å². The third-order valence-corrected chi connectivity index (χ3v) is 7.04. The Morgan fingerprint density at radius 3 is 2.85 bits per heavy atom. The zero-order valence-corrected chi connectivity index (χ0v) is 22.5. The summed E-state index contributed by atoms with van der Waals surface area (Å²) in [5.74, 6) is 0.244. The number of hydrogen-bond donors (Lipinski definition) is 1. The summed E-state index contributed by atoms with van der Waals surface area (Å²) in [4.78, 5) is 31.6. The largest absolute Gasteiger partial charge is 0.488 e. The van der Waals surface area contributed by atoms with E-state index in [1.807, 2.05) is 18.3 Å². The number of nitrogens with one attached hydrogen (secondary N) is 1. The number of aromatic nitrogens is 3. The molecule has 0 spiro atoms. The Morgan fingerprint density at radius 1 is 1.26 bits per heavy atom. The average molecular weight is 556 g/mol. The number of nitrogens with zero attached hydrogens (tertiary/aromatic N) is 4. The van der Waals surface area contributed by atoms with Gasteiger partial charge in [0, 0.05) is 55.9 Å². The quantitative estimate of drug-likeness (QED) is 0.404. The maximum absolute atomic E-state index is 13.3. The lowest BCUT2D eigenvalue weighted by Crippen LogP contribution is -2.44. The van der Waals surface area contributed by atoms with E-state index in [9.17, 15) is 9.59 Å². The molecule has 2 aliphatic heterocycles. The molecule has 0 bridgehead atoms. The van der Waals surface area contributed by atoms with Gasteiger partial charge in [-0.2, -0.15) is 5.10 Å². The van der Waals surface area contributed by atoms with E-state index < -0.39 is 0 Å².